The number of methoxy groups -OCH3 is 1. The summed E-state index contributed by atoms with van der Waals surface area (Å²) in [4.78, 5) is 2.55. The van der Waals surface area contributed by atoms with Crippen LogP contribution in [0.15, 0.2) is 12.4 Å². The molecule has 1 fully saturated rings. The molecular formula is C12H21N3O. The van der Waals surface area contributed by atoms with Gasteiger partial charge < -0.3 is 4.74 Å². The second-order valence-electron chi connectivity index (χ2n) is 4.49. The summed E-state index contributed by atoms with van der Waals surface area (Å²) in [5.41, 5.74) is 1.36. The van der Waals surface area contributed by atoms with Crippen molar-refractivity contribution in [1.29, 1.82) is 0 Å². The minimum atomic E-state index is 0.575. The van der Waals surface area contributed by atoms with E-state index in [4.69, 9.17) is 4.74 Å². The monoisotopic (exact) mass is 223 g/mol. The number of likely N-dealkylation sites (tertiary alicyclic amines) is 1. The molecule has 16 heavy (non-hydrogen) atoms. The van der Waals surface area contributed by atoms with Crippen molar-refractivity contribution in [2.24, 2.45) is 7.05 Å². The summed E-state index contributed by atoms with van der Waals surface area (Å²) in [5.74, 6) is 0. The van der Waals surface area contributed by atoms with Gasteiger partial charge in [-0.3, -0.25) is 9.58 Å². The van der Waals surface area contributed by atoms with Gasteiger partial charge in [-0.05, 0) is 25.8 Å². The molecule has 1 aromatic heterocycles. The van der Waals surface area contributed by atoms with Crippen LogP contribution in [0, 0.1) is 0 Å². The van der Waals surface area contributed by atoms with E-state index in [0.717, 1.165) is 19.6 Å². The minimum absolute atomic E-state index is 0.575. The Morgan fingerprint density at radius 1 is 1.56 bits per heavy atom. The van der Waals surface area contributed by atoms with Crippen LogP contribution in [-0.2, 0) is 11.8 Å². The summed E-state index contributed by atoms with van der Waals surface area (Å²) in [6.45, 7) is 3.20. The molecule has 0 unspecified atom stereocenters. The highest BCUT2D eigenvalue weighted by molar-refractivity contribution is 5.12. The van der Waals surface area contributed by atoms with Gasteiger partial charge in [-0.15, -0.1) is 0 Å². The van der Waals surface area contributed by atoms with Gasteiger partial charge in [-0.1, -0.05) is 0 Å². The van der Waals surface area contributed by atoms with E-state index in [0.29, 0.717) is 6.04 Å². The third-order valence-corrected chi connectivity index (χ3v) is 3.27. The largest absolute Gasteiger partial charge is 0.385 e. The van der Waals surface area contributed by atoms with Crippen molar-refractivity contribution < 1.29 is 4.74 Å². The van der Waals surface area contributed by atoms with Crippen LogP contribution in [0.4, 0.5) is 0 Å². The van der Waals surface area contributed by atoms with E-state index in [1.165, 1.54) is 24.9 Å². The van der Waals surface area contributed by atoms with Crippen molar-refractivity contribution in [3.63, 3.8) is 0 Å². The van der Waals surface area contributed by atoms with Crippen molar-refractivity contribution in [1.82, 2.24) is 14.7 Å². The van der Waals surface area contributed by atoms with Crippen molar-refractivity contribution in [2.75, 3.05) is 26.8 Å². The second-order valence-corrected chi connectivity index (χ2v) is 4.49. The molecule has 0 bridgehead atoms. The maximum Gasteiger partial charge on any atom is 0.0537 e. The van der Waals surface area contributed by atoms with E-state index >= 15 is 0 Å². The summed E-state index contributed by atoms with van der Waals surface area (Å²) in [7, 11) is 3.75. The molecule has 2 rings (SSSR count). The Kier molecular flexibility index (Phi) is 3.96. The second kappa shape index (κ2) is 5.46. The number of hydrogen-bond acceptors (Lipinski definition) is 3. The van der Waals surface area contributed by atoms with Crippen LogP contribution in [0.1, 0.15) is 30.9 Å². The smallest absolute Gasteiger partial charge is 0.0537 e. The van der Waals surface area contributed by atoms with Crippen molar-refractivity contribution in [2.45, 2.75) is 25.3 Å². The third kappa shape index (κ3) is 2.62. The van der Waals surface area contributed by atoms with E-state index in [1.54, 1.807) is 7.11 Å². The molecule has 2 heterocycles. The Morgan fingerprint density at radius 3 is 3.12 bits per heavy atom. The van der Waals surface area contributed by atoms with Crippen LogP contribution < -0.4 is 0 Å². The van der Waals surface area contributed by atoms with Crippen molar-refractivity contribution in [3.8, 4) is 0 Å². The first-order valence-electron chi connectivity index (χ1n) is 6.03. The Bertz CT molecular complexity index is 324. The average Bonchev–Trinajstić information content (AvgIpc) is 2.87. The van der Waals surface area contributed by atoms with E-state index in [1.807, 2.05) is 17.9 Å². The Labute approximate surface area is 97.2 Å². The standard InChI is InChI=1S/C12H21N3O/c1-14-10-11(9-13-14)12-5-3-6-15(12)7-4-8-16-2/h9-10,12H,3-8H2,1-2H3/t12-/m1/s1. The van der Waals surface area contributed by atoms with Gasteiger partial charge in [0.2, 0.25) is 0 Å². The van der Waals surface area contributed by atoms with Crippen LogP contribution in [0.2, 0.25) is 0 Å². The van der Waals surface area contributed by atoms with Crippen LogP contribution in [0.25, 0.3) is 0 Å². The van der Waals surface area contributed by atoms with E-state index < -0.39 is 0 Å². The fourth-order valence-electron chi connectivity index (χ4n) is 2.50. The lowest BCUT2D eigenvalue weighted by Gasteiger charge is -2.23. The number of aryl methyl sites for hydroxylation is 1. The van der Waals surface area contributed by atoms with Gasteiger partial charge in [0.05, 0.1) is 6.20 Å². The van der Waals surface area contributed by atoms with E-state index in [-0.39, 0.29) is 0 Å². The Hall–Kier alpha value is -0.870. The molecule has 0 saturated carbocycles. The topological polar surface area (TPSA) is 30.3 Å². The molecule has 0 amide bonds. The maximum atomic E-state index is 5.10. The number of rotatable bonds is 5. The van der Waals surface area contributed by atoms with Crippen LogP contribution >= 0.6 is 0 Å². The first-order valence-corrected chi connectivity index (χ1v) is 6.03. The van der Waals surface area contributed by atoms with Gasteiger partial charge in [0.25, 0.3) is 0 Å². The maximum absolute atomic E-state index is 5.10. The van der Waals surface area contributed by atoms with Gasteiger partial charge in [-0.2, -0.15) is 5.10 Å². The molecule has 0 spiro atoms. The molecule has 0 aromatic carbocycles. The number of nitrogens with zero attached hydrogens (tertiary/aromatic N) is 3. The van der Waals surface area contributed by atoms with Gasteiger partial charge in [0.1, 0.15) is 0 Å². The normalized spacial score (nSPS) is 21.8. The van der Waals surface area contributed by atoms with E-state index in [9.17, 15) is 0 Å². The molecule has 1 saturated heterocycles. The molecule has 1 aromatic rings. The average molecular weight is 223 g/mol. The first kappa shape index (κ1) is 11.6. The third-order valence-electron chi connectivity index (χ3n) is 3.27. The fourth-order valence-corrected chi connectivity index (χ4v) is 2.50. The molecule has 1 atom stereocenters. The molecule has 1 aliphatic heterocycles. The van der Waals surface area contributed by atoms with Gasteiger partial charge in [0, 0.05) is 45.1 Å². The van der Waals surface area contributed by atoms with Gasteiger partial charge >= 0.3 is 0 Å². The van der Waals surface area contributed by atoms with Crippen LogP contribution in [0.5, 0.6) is 0 Å². The molecule has 90 valence electrons. The number of aromatic nitrogens is 2. The molecule has 0 aliphatic carbocycles. The lowest BCUT2D eigenvalue weighted by atomic mass is 10.1. The Morgan fingerprint density at radius 2 is 2.44 bits per heavy atom. The zero-order valence-electron chi connectivity index (χ0n) is 10.2. The zero-order valence-corrected chi connectivity index (χ0v) is 10.2. The predicted octanol–water partition coefficient (Wildman–Crippen LogP) is 1.59. The molecular weight excluding hydrogens is 202 g/mol. The molecule has 1 aliphatic rings. The fraction of sp³-hybridized carbons (Fsp3) is 0.750. The predicted molar refractivity (Wildman–Crippen MR) is 63.2 cm³/mol. The van der Waals surface area contributed by atoms with E-state index in [2.05, 4.69) is 16.2 Å². The molecule has 4 heteroatoms. The summed E-state index contributed by atoms with van der Waals surface area (Å²) in [6.07, 6.45) is 7.82. The summed E-state index contributed by atoms with van der Waals surface area (Å²) in [6, 6.07) is 0.575. The zero-order chi connectivity index (χ0) is 11.4. The Balaban J connectivity index is 1.92. The molecule has 0 N–H and O–H groups in total. The highest BCUT2D eigenvalue weighted by atomic mass is 16.5. The summed E-state index contributed by atoms with van der Waals surface area (Å²) in [5, 5.41) is 4.26. The SMILES string of the molecule is COCCCN1CCC[C@@H]1c1cnn(C)c1. The van der Waals surface area contributed by atoms with Crippen molar-refractivity contribution >= 4 is 0 Å². The van der Waals surface area contributed by atoms with Crippen LogP contribution in [0.3, 0.4) is 0 Å². The molecule has 0 radical (unpaired) electrons. The number of ether oxygens (including phenoxy) is 1. The first-order chi connectivity index (χ1) is 7.81. The summed E-state index contributed by atoms with van der Waals surface area (Å²) >= 11 is 0. The lowest BCUT2D eigenvalue weighted by molar-refractivity contribution is 0.167. The van der Waals surface area contributed by atoms with Gasteiger partial charge in [0.15, 0.2) is 0 Å². The van der Waals surface area contributed by atoms with Crippen LogP contribution in [-0.4, -0.2) is 41.5 Å². The highest BCUT2D eigenvalue weighted by Gasteiger charge is 2.26. The van der Waals surface area contributed by atoms with Gasteiger partial charge in [-0.25, -0.2) is 0 Å². The number of hydrogen-bond donors (Lipinski definition) is 0. The van der Waals surface area contributed by atoms with Crippen molar-refractivity contribution in [3.05, 3.63) is 18.0 Å². The highest BCUT2D eigenvalue weighted by Crippen LogP contribution is 2.31. The quantitative estimate of drug-likeness (QED) is 0.710. The lowest BCUT2D eigenvalue weighted by Crippen LogP contribution is -2.25. The minimum Gasteiger partial charge on any atom is -0.385 e. The summed E-state index contributed by atoms with van der Waals surface area (Å²) < 4.78 is 6.99. The molecule has 4 nitrogen and oxygen atoms in total.